The highest BCUT2D eigenvalue weighted by atomic mass is 32.1. The smallest absolute Gasteiger partial charge is 0.245 e. The number of benzene rings is 1. The Balaban J connectivity index is 1.63. The van der Waals surface area contributed by atoms with Crippen LogP contribution >= 0.6 is 11.3 Å². The number of nitrogens with one attached hydrogen (secondary N) is 1. The molecule has 1 aliphatic heterocycles. The first kappa shape index (κ1) is 23.9. The van der Waals surface area contributed by atoms with Crippen LogP contribution < -0.4 is 14.8 Å². The van der Waals surface area contributed by atoms with Crippen LogP contribution in [0, 0.1) is 0 Å². The zero-order valence-electron chi connectivity index (χ0n) is 19.2. The fourth-order valence-corrected chi connectivity index (χ4v) is 4.62. The van der Waals surface area contributed by atoms with E-state index in [1.807, 2.05) is 43.9 Å². The van der Waals surface area contributed by atoms with Crippen molar-refractivity contribution in [2.75, 3.05) is 13.7 Å². The number of fused-ring (bicyclic) bond motifs is 1. The highest BCUT2D eigenvalue weighted by Gasteiger charge is 2.28. The molecule has 1 atom stereocenters. The molecule has 172 valence electrons. The van der Waals surface area contributed by atoms with Gasteiger partial charge in [0.15, 0.2) is 11.5 Å². The van der Waals surface area contributed by atoms with E-state index in [-0.39, 0.29) is 17.9 Å². The number of hydrogen-bond donors (Lipinski definition) is 1. The van der Waals surface area contributed by atoms with E-state index in [4.69, 9.17) is 9.47 Å². The second-order valence-corrected chi connectivity index (χ2v) is 9.14. The zero-order chi connectivity index (χ0) is 23.1. The Bertz CT molecular complexity index is 967. The first-order chi connectivity index (χ1) is 15.4. The van der Waals surface area contributed by atoms with Gasteiger partial charge in [-0.1, -0.05) is 19.4 Å². The van der Waals surface area contributed by atoms with Crippen molar-refractivity contribution in [3.8, 4) is 11.5 Å². The molecule has 3 rings (SSSR count). The highest BCUT2D eigenvalue weighted by molar-refractivity contribution is 7.10. The van der Waals surface area contributed by atoms with Crippen LogP contribution in [0.25, 0.3) is 6.08 Å². The van der Waals surface area contributed by atoms with Gasteiger partial charge in [-0.2, -0.15) is 0 Å². The summed E-state index contributed by atoms with van der Waals surface area (Å²) in [4.78, 5) is 28.9. The summed E-state index contributed by atoms with van der Waals surface area (Å²) in [5.41, 5.74) is 2.03. The lowest BCUT2D eigenvalue weighted by Gasteiger charge is -2.30. The largest absolute Gasteiger partial charge is 0.493 e. The predicted octanol–water partition coefficient (Wildman–Crippen LogP) is 4.43. The van der Waals surface area contributed by atoms with Crippen LogP contribution in [0.4, 0.5) is 0 Å². The van der Waals surface area contributed by atoms with E-state index in [1.165, 1.54) is 16.5 Å². The maximum Gasteiger partial charge on any atom is 0.245 e. The van der Waals surface area contributed by atoms with Crippen LogP contribution in [-0.4, -0.2) is 42.5 Å². The third kappa shape index (κ3) is 6.13. The molecule has 6 nitrogen and oxygen atoms in total. The normalized spacial score (nSPS) is 14.3. The summed E-state index contributed by atoms with van der Waals surface area (Å²) in [5.74, 6) is 0.972. The van der Waals surface area contributed by atoms with E-state index in [0.29, 0.717) is 31.0 Å². The molecule has 7 heteroatoms. The standard InChI is InChI=1S/C25H32N2O4S/c1-5-6-20(25(29)27-13-11-23-19(16-27)12-14-32-23)26-24(28)10-8-18-7-9-21(31-17(2)3)22(15-18)30-4/h7-10,12,14-15,17,20H,5-6,11,13,16H2,1-4H3,(H,26,28). The van der Waals surface area contributed by atoms with Crippen LogP contribution in [0.2, 0.25) is 0 Å². The van der Waals surface area contributed by atoms with Gasteiger partial charge in [0.1, 0.15) is 6.04 Å². The first-order valence-electron chi connectivity index (χ1n) is 11.1. The Labute approximate surface area is 194 Å². The van der Waals surface area contributed by atoms with Crippen molar-refractivity contribution in [3.63, 3.8) is 0 Å². The van der Waals surface area contributed by atoms with Crippen molar-refractivity contribution in [1.29, 1.82) is 0 Å². The summed E-state index contributed by atoms with van der Waals surface area (Å²) in [5, 5.41) is 4.97. The molecule has 0 bridgehead atoms. The molecule has 0 radical (unpaired) electrons. The van der Waals surface area contributed by atoms with Crippen LogP contribution in [0.5, 0.6) is 11.5 Å². The summed E-state index contributed by atoms with van der Waals surface area (Å²) < 4.78 is 11.1. The van der Waals surface area contributed by atoms with Gasteiger partial charge in [0.05, 0.1) is 13.2 Å². The van der Waals surface area contributed by atoms with E-state index in [2.05, 4.69) is 16.8 Å². The quantitative estimate of drug-likeness (QED) is 0.567. The summed E-state index contributed by atoms with van der Waals surface area (Å²) in [6.45, 7) is 7.24. The lowest BCUT2D eigenvalue weighted by atomic mass is 10.1. The van der Waals surface area contributed by atoms with Crippen molar-refractivity contribution in [1.82, 2.24) is 10.2 Å². The van der Waals surface area contributed by atoms with E-state index in [9.17, 15) is 9.59 Å². The fourth-order valence-electron chi connectivity index (χ4n) is 3.73. The number of ether oxygens (including phenoxy) is 2. The number of amides is 2. The minimum atomic E-state index is -0.520. The number of rotatable bonds is 9. The number of carbonyl (C=O) groups is 2. The summed E-state index contributed by atoms with van der Waals surface area (Å²) >= 11 is 1.75. The van der Waals surface area contributed by atoms with Crippen molar-refractivity contribution < 1.29 is 19.1 Å². The summed E-state index contributed by atoms with van der Waals surface area (Å²) in [6, 6.07) is 7.08. The Morgan fingerprint density at radius 1 is 1.25 bits per heavy atom. The van der Waals surface area contributed by atoms with Gasteiger partial charge >= 0.3 is 0 Å². The van der Waals surface area contributed by atoms with Crippen molar-refractivity contribution in [3.05, 3.63) is 51.7 Å². The molecule has 1 aliphatic rings. The van der Waals surface area contributed by atoms with Gasteiger partial charge < -0.3 is 19.7 Å². The molecule has 32 heavy (non-hydrogen) atoms. The third-order valence-electron chi connectivity index (χ3n) is 5.29. The Morgan fingerprint density at radius 3 is 2.78 bits per heavy atom. The number of methoxy groups -OCH3 is 1. The second-order valence-electron chi connectivity index (χ2n) is 8.14. The van der Waals surface area contributed by atoms with Gasteiger partial charge in [0.2, 0.25) is 11.8 Å². The molecule has 2 aromatic rings. The molecule has 1 aromatic heterocycles. The van der Waals surface area contributed by atoms with Crippen molar-refractivity contribution in [2.45, 2.75) is 58.7 Å². The zero-order valence-corrected chi connectivity index (χ0v) is 20.0. The monoisotopic (exact) mass is 456 g/mol. The van der Waals surface area contributed by atoms with Crippen LogP contribution in [0.3, 0.4) is 0 Å². The van der Waals surface area contributed by atoms with E-state index >= 15 is 0 Å². The second kappa shape index (κ2) is 11.2. The molecule has 2 heterocycles. The number of thiophene rings is 1. The molecule has 2 amide bonds. The molecule has 1 N–H and O–H groups in total. The number of hydrogen-bond acceptors (Lipinski definition) is 5. The number of nitrogens with zero attached hydrogens (tertiary/aromatic N) is 1. The maximum atomic E-state index is 13.1. The summed E-state index contributed by atoms with van der Waals surface area (Å²) in [6.07, 6.45) is 5.51. The maximum absolute atomic E-state index is 13.1. The third-order valence-corrected chi connectivity index (χ3v) is 6.31. The van der Waals surface area contributed by atoms with Crippen LogP contribution in [0.1, 0.15) is 49.6 Å². The molecule has 0 saturated heterocycles. The Hall–Kier alpha value is -2.80. The fraction of sp³-hybridized carbons (Fsp3) is 0.440. The average molecular weight is 457 g/mol. The molecule has 1 aromatic carbocycles. The van der Waals surface area contributed by atoms with Gasteiger partial charge in [0.25, 0.3) is 0 Å². The van der Waals surface area contributed by atoms with Gasteiger partial charge in [0, 0.05) is 24.0 Å². The van der Waals surface area contributed by atoms with Gasteiger partial charge in [-0.05, 0) is 67.5 Å². The predicted molar refractivity (Wildman–Crippen MR) is 128 cm³/mol. The molecule has 0 aliphatic carbocycles. The average Bonchev–Trinajstić information content (AvgIpc) is 3.25. The molecule has 0 spiro atoms. The Morgan fingerprint density at radius 2 is 2.06 bits per heavy atom. The molecule has 0 fully saturated rings. The van der Waals surface area contributed by atoms with Gasteiger partial charge in [-0.15, -0.1) is 11.3 Å². The van der Waals surface area contributed by atoms with Crippen LogP contribution in [0.15, 0.2) is 35.7 Å². The van der Waals surface area contributed by atoms with Gasteiger partial charge in [-0.3, -0.25) is 9.59 Å². The SMILES string of the molecule is CCCC(NC(=O)C=Cc1ccc(OC(C)C)c(OC)c1)C(=O)N1CCc2sccc2C1. The molecular formula is C25H32N2O4S. The lowest BCUT2D eigenvalue weighted by molar-refractivity contribution is -0.136. The number of carbonyl (C=O) groups excluding carboxylic acids is 2. The summed E-state index contributed by atoms with van der Waals surface area (Å²) in [7, 11) is 1.59. The van der Waals surface area contributed by atoms with E-state index in [1.54, 1.807) is 24.5 Å². The van der Waals surface area contributed by atoms with Crippen LogP contribution in [-0.2, 0) is 22.6 Å². The Kier molecular flexibility index (Phi) is 8.33. The molecule has 0 saturated carbocycles. The van der Waals surface area contributed by atoms with E-state index in [0.717, 1.165) is 18.4 Å². The van der Waals surface area contributed by atoms with Gasteiger partial charge in [-0.25, -0.2) is 0 Å². The van der Waals surface area contributed by atoms with Crippen molar-refractivity contribution >= 4 is 29.2 Å². The molecular weight excluding hydrogens is 424 g/mol. The first-order valence-corrected chi connectivity index (χ1v) is 12.0. The lowest BCUT2D eigenvalue weighted by Crippen LogP contribution is -2.49. The van der Waals surface area contributed by atoms with Crippen molar-refractivity contribution in [2.24, 2.45) is 0 Å². The minimum Gasteiger partial charge on any atom is -0.493 e. The minimum absolute atomic E-state index is 0.0118. The molecule has 1 unspecified atom stereocenters. The highest BCUT2D eigenvalue weighted by Crippen LogP contribution is 2.29. The van der Waals surface area contributed by atoms with E-state index < -0.39 is 6.04 Å². The topological polar surface area (TPSA) is 67.9 Å².